The molecule has 54 heavy (non-hydrogen) atoms. The highest BCUT2D eigenvalue weighted by molar-refractivity contribution is 7.80. The molecule has 0 saturated heterocycles. The summed E-state index contributed by atoms with van der Waals surface area (Å²) in [6, 6.07) is 16.9. The van der Waals surface area contributed by atoms with E-state index >= 15 is 0 Å². The van der Waals surface area contributed by atoms with E-state index in [1.165, 1.54) is 0 Å². The first-order valence-corrected chi connectivity index (χ1v) is 16.8. The van der Waals surface area contributed by atoms with Gasteiger partial charge in [0.1, 0.15) is 13.1 Å². The van der Waals surface area contributed by atoms with Crippen molar-refractivity contribution in [3.63, 3.8) is 0 Å². The summed E-state index contributed by atoms with van der Waals surface area (Å²) in [6.45, 7) is -2.99. The molecule has 20 heteroatoms. The number of Topliss-reactive ketones (excluding diaryl/α,β-unsaturated/α-hetero) is 2. The minimum atomic E-state index is -1.13. The predicted octanol–water partition coefficient (Wildman–Crippen LogP) is -0.798. The molecule has 0 unspecified atom stereocenters. The number of amides is 4. The standard InChI is InChI=1S/C34H37N7O11S2/c35-25(51-33(49)19-38-26(44)15-36-28(46)17-40-30(53)13-23(42)21-7-3-1-4-8-21)11-12-32(48)52-34(50)20-39-27(45)16-37-29(47)18-41-31(54)14-24(43)22-9-5-2-6-10-22/h1-10,35H,11-20H2,(H,36,46)(H,37,47)(H,38,44)(H,39,45)(H,40,53)(H,41,54). The topological polar surface area (TPSA) is 268 Å². The van der Waals surface area contributed by atoms with Gasteiger partial charge in [-0.3, -0.25) is 39.0 Å². The van der Waals surface area contributed by atoms with Gasteiger partial charge in [-0.15, -0.1) is 0 Å². The summed E-state index contributed by atoms with van der Waals surface area (Å²) in [5.41, 5.74) is 0.937. The number of benzene rings is 2. The molecular weight excluding hydrogens is 747 g/mol. The largest absolute Gasteiger partial charge is 0.411 e. The van der Waals surface area contributed by atoms with Crippen molar-refractivity contribution >= 4 is 93.4 Å². The number of thiocarbonyl (C=S) groups is 2. The Morgan fingerprint density at radius 2 is 0.815 bits per heavy atom. The molecule has 0 spiro atoms. The zero-order valence-corrected chi connectivity index (χ0v) is 30.3. The van der Waals surface area contributed by atoms with Crippen molar-refractivity contribution in [2.24, 2.45) is 0 Å². The Morgan fingerprint density at radius 3 is 1.22 bits per heavy atom. The van der Waals surface area contributed by atoms with Crippen molar-refractivity contribution < 1.29 is 52.6 Å². The van der Waals surface area contributed by atoms with Gasteiger partial charge in [0.2, 0.25) is 23.6 Å². The van der Waals surface area contributed by atoms with Crippen LogP contribution in [0.4, 0.5) is 0 Å². The molecule has 286 valence electrons. The first-order valence-electron chi connectivity index (χ1n) is 16.0. The highest BCUT2D eigenvalue weighted by atomic mass is 32.1. The normalized spacial score (nSPS) is 10.0. The van der Waals surface area contributed by atoms with Crippen LogP contribution in [-0.4, -0.2) is 108 Å². The van der Waals surface area contributed by atoms with E-state index in [4.69, 9.17) is 29.8 Å². The molecule has 0 bridgehead atoms. The highest BCUT2D eigenvalue weighted by Gasteiger charge is 2.17. The molecule has 2 rings (SSSR count). The second-order valence-corrected chi connectivity index (χ2v) is 11.8. The van der Waals surface area contributed by atoms with E-state index < -0.39 is 86.5 Å². The summed E-state index contributed by atoms with van der Waals surface area (Å²) in [7, 11) is 0. The molecule has 2 aromatic rings. The fourth-order valence-corrected chi connectivity index (χ4v) is 4.24. The third kappa shape index (κ3) is 19.4. The Kier molecular flexibility index (Phi) is 19.5. The van der Waals surface area contributed by atoms with E-state index in [0.717, 1.165) is 0 Å². The van der Waals surface area contributed by atoms with E-state index in [2.05, 4.69) is 41.4 Å². The number of esters is 3. The number of rotatable bonds is 21. The van der Waals surface area contributed by atoms with Gasteiger partial charge >= 0.3 is 17.9 Å². The summed E-state index contributed by atoms with van der Waals surface area (Å²) >= 11 is 10.1. The maximum Gasteiger partial charge on any atom is 0.333 e. The zero-order valence-electron chi connectivity index (χ0n) is 28.7. The second kappa shape index (κ2) is 24.1. The summed E-state index contributed by atoms with van der Waals surface area (Å²) in [6.07, 6.45) is -1.19. The molecule has 0 radical (unpaired) electrons. The van der Waals surface area contributed by atoms with E-state index in [1.54, 1.807) is 60.7 Å². The van der Waals surface area contributed by atoms with Crippen LogP contribution in [-0.2, 0) is 43.0 Å². The molecule has 0 saturated carbocycles. The lowest BCUT2D eigenvalue weighted by atomic mass is 10.1. The van der Waals surface area contributed by atoms with Crippen molar-refractivity contribution in [2.75, 3.05) is 39.3 Å². The first-order chi connectivity index (χ1) is 25.7. The summed E-state index contributed by atoms with van der Waals surface area (Å²) < 4.78 is 9.19. The van der Waals surface area contributed by atoms with Crippen LogP contribution in [0.15, 0.2) is 60.7 Å². The van der Waals surface area contributed by atoms with Gasteiger partial charge < -0.3 is 41.4 Å². The lowest BCUT2D eigenvalue weighted by Crippen LogP contribution is -2.43. The Bertz CT molecular complexity index is 1630. The Morgan fingerprint density at radius 1 is 0.463 bits per heavy atom. The van der Waals surface area contributed by atoms with Crippen LogP contribution in [0.1, 0.15) is 46.4 Å². The lowest BCUT2D eigenvalue weighted by molar-refractivity contribution is -0.159. The molecule has 2 aromatic carbocycles. The highest BCUT2D eigenvalue weighted by Crippen LogP contribution is 2.04. The summed E-state index contributed by atoms with van der Waals surface area (Å²) in [4.78, 5) is 108. The quantitative estimate of drug-likeness (QED) is 0.0204. The fraction of sp³-hybridized carbons (Fsp3) is 0.294. The number of ketones is 2. The van der Waals surface area contributed by atoms with Crippen molar-refractivity contribution in [3.8, 4) is 0 Å². The smallest absolute Gasteiger partial charge is 0.333 e. The molecule has 0 heterocycles. The zero-order chi connectivity index (χ0) is 39.9. The van der Waals surface area contributed by atoms with Gasteiger partial charge in [-0.25, -0.2) is 9.59 Å². The van der Waals surface area contributed by atoms with Crippen LogP contribution < -0.4 is 31.9 Å². The molecule has 0 aromatic heterocycles. The van der Waals surface area contributed by atoms with Gasteiger partial charge in [-0.1, -0.05) is 85.1 Å². The van der Waals surface area contributed by atoms with Crippen LogP contribution in [0.3, 0.4) is 0 Å². The van der Waals surface area contributed by atoms with Crippen LogP contribution in [0, 0.1) is 5.41 Å². The monoisotopic (exact) mass is 783 g/mol. The third-order valence-electron chi connectivity index (χ3n) is 6.50. The minimum absolute atomic E-state index is 0.105. The molecule has 0 atom stereocenters. The number of hydrogen-bond donors (Lipinski definition) is 7. The number of ether oxygens (including phenoxy) is 2. The van der Waals surface area contributed by atoms with E-state index in [-0.39, 0.29) is 47.5 Å². The van der Waals surface area contributed by atoms with Gasteiger partial charge in [0.05, 0.1) is 55.4 Å². The number of carbonyl (C=O) groups is 9. The van der Waals surface area contributed by atoms with E-state index in [9.17, 15) is 43.2 Å². The molecule has 0 aliphatic heterocycles. The molecular formula is C34H37N7O11S2. The molecule has 0 aliphatic rings. The molecule has 18 nitrogen and oxygen atoms in total. The fourth-order valence-electron chi connectivity index (χ4n) is 3.83. The summed E-state index contributed by atoms with van der Waals surface area (Å²) in [5.74, 6) is -7.15. The Labute approximate surface area is 319 Å². The van der Waals surface area contributed by atoms with Crippen molar-refractivity contribution in [3.05, 3.63) is 71.8 Å². The van der Waals surface area contributed by atoms with Gasteiger partial charge in [0.15, 0.2) is 17.5 Å². The Hall–Kier alpha value is -6.28. The number of carbonyl (C=O) groups excluding carboxylic acids is 9. The van der Waals surface area contributed by atoms with Gasteiger partial charge in [0.25, 0.3) is 0 Å². The second-order valence-electron chi connectivity index (χ2n) is 10.8. The molecule has 0 fully saturated rings. The van der Waals surface area contributed by atoms with Crippen molar-refractivity contribution in [1.29, 1.82) is 5.41 Å². The molecule has 0 aliphatic carbocycles. The van der Waals surface area contributed by atoms with Crippen molar-refractivity contribution in [2.45, 2.75) is 25.7 Å². The van der Waals surface area contributed by atoms with Crippen LogP contribution in [0.2, 0.25) is 0 Å². The average Bonchev–Trinajstić information content (AvgIpc) is 3.15. The van der Waals surface area contributed by atoms with Crippen LogP contribution in [0.25, 0.3) is 0 Å². The molecule has 7 N–H and O–H groups in total. The van der Waals surface area contributed by atoms with E-state index in [1.807, 2.05) is 0 Å². The third-order valence-corrected chi connectivity index (χ3v) is 7.08. The van der Waals surface area contributed by atoms with Crippen molar-refractivity contribution in [1.82, 2.24) is 31.9 Å². The average molecular weight is 784 g/mol. The minimum Gasteiger partial charge on any atom is -0.411 e. The number of hydrogen-bond acceptors (Lipinski definition) is 14. The maximum absolute atomic E-state index is 12.2. The number of nitrogens with one attached hydrogen (secondary N) is 7. The lowest BCUT2D eigenvalue weighted by Gasteiger charge is -2.10. The van der Waals surface area contributed by atoms with Crippen LogP contribution >= 0.6 is 24.4 Å². The summed E-state index contributed by atoms with van der Waals surface area (Å²) in [5, 5.41) is 21.8. The van der Waals surface area contributed by atoms with Crippen LogP contribution in [0.5, 0.6) is 0 Å². The predicted molar refractivity (Wildman–Crippen MR) is 198 cm³/mol. The Balaban J connectivity index is 1.50. The maximum atomic E-state index is 12.2. The van der Waals surface area contributed by atoms with Gasteiger partial charge in [-0.05, 0) is 0 Å². The molecule has 4 amide bonds. The van der Waals surface area contributed by atoms with Gasteiger partial charge in [0, 0.05) is 17.5 Å². The van der Waals surface area contributed by atoms with Gasteiger partial charge in [-0.2, -0.15) is 0 Å². The van der Waals surface area contributed by atoms with E-state index in [0.29, 0.717) is 11.1 Å². The SMILES string of the molecule is N=C(CCC(=O)OC(=O)CNC(=O)CNC(=O)CNC(=S)CC(=O)c1ccccc1)OC(=O)CNC(=O)CNC(=O)CNC(=S)CC(=O)c1ccccc1. The first kappa shape index (κ1) is 43.9.